The molecule has 6 heteroatoms. The molecule has 3 atom stereocenters. The zero-order chi connectivity index (χ0) is 19.3. The van der Waals surface area contributed by atoms with Crippen molar-refractivity contribution < 1.29 is 4.79 Å². The van der Waals surface area contributed by atoms with E-state index in [1.165, 1.54) is 0 Å². The third kappa shape index (κ3) is 2.86. The second-order valence-corrected chi connectivity index (χ2v) is 8.99. The summed E-state index contributed by atoms with van der Waals surface area (Å²) in [4.78, 5) is 14.3. The predicted octanol–water partition coefficient (Wildman–Crippen LogP) is 5.52. The molecule has 1 spiro atoms. The number of carbonyl (C=O) groups is 1. The van der Waals surface area contributed by atoms with Crippen molar-refractivity contribution in [3.63, 3.8) is 0 Å². The van der Waals surface area contributed by atoms with Crippen LogP contribution >= 0.6 is 35.4 Å². The van der Waals surface area contributed by atoms with Gasteiger partial charge in [0.1, 0.15) is 5.41 Å². The van der Waals surface area contributed by atoms with Crippen molar-refractivity contribution in [1.29, 1.82) is 0 Å². The molecule has 2 aromatic rings. The van der Waals surface area contributed by atoms with Crippen molar-refractivity contribution in [2.24, 2.45) is 11.8 Å². The summed E-state index contributed by atoms with van der Waals surface area (Å²) in [7, 11) is 0. The highest BCUT2D eigenvalue weighted by atomic mass is 35.5. The Hall–Kier alpha value is -1.62. The molecule has 1 saturated heterocycles. The highest BCUT2D eigenvalue weighted by molar-refractivity contribution is 7.80. The number of thiocarbonyl (C=S) groups is 1. The van der Waals surface area contributed by atoms with Crippen LogP contribution in [-0.4, -0.2) is 10.9 Å². The van der Waals surface area contributed by atoms with Gasteiger partial charge in [-0.1, -0.05) is 67.5 Å². The number of anilines is 1. The Kier molecular flexibility index (Phi) is 4.69. The van der Waals surface area contributed by atoms with Crippen molar-refractivity contribution in [3.05, 3.63) is 63.6 Å². The zero-order valence-electron chi connectivity index (χ0n) is 15.1. The Morgan fingerprint density at radius 1 is 1.15 bits per heavy atom. The molecule has 2 N–H and O–H groups in total. The van der Waals surface area contributed by atoms with Crippen molar-refractivity contribution in [2.75, 3.05) is 5.32 Å². The zero-order valence-corrected chi connectivity index (χ0v) is 17.4. The van der Waals surface area contributed by atoms with Crippen LogP contribution in [0.1, 0.15) is 37.4 Å². The average Bonchev–Trinajstić information content (AvgIpc) is 2.88. The van der Waals surface area contributed by atoms with Crippen molar-refractivity contribution in [1.82, 2.24) is 5.32 Å². The molecular weight excluding hydrogens is 399 g/mol. The van der Waals surface area contributed by atoms with Gasteiger partial charge in [0.25, 0.3) is 0 Å². The van der Waals surface area contributed by atoms with Gasteiger partial charge < -0.3 is 10.6 Å². The lowest BCUT2D eigenvalue weighted by molar-refractivity contribution is -0.125. The van der Waals surface area contributed by atoms with Crippen LogP contribution in [0.5, 0.6) is 0 Å². The van der Waals surface area contributed by atoms with Gasteiger partial charge in [0.05, 0.1) is 11.0 Å². The second-order valence-electron chi connectivity index (χ2n) is 7.62. The fourth-order valence-corrected chi connectivity index (χ4v) is 5.35. The Morgan fingerprint density at radius 2 is 1.89 bits per heavy atom. The van der Waals surface area contributed by atoms with Gasteiger partial charge in [-0.05, 0) is 47.2 Å². The highest BCUT2D eigenvalue weighted by Crippen LogP contribution is 2.56. The first-order valence-corrected chi connectivity index (χ1v) is 10.2. The molecule has 3 nitrogen and oxygen atoms in total. The van der Waals surface area contributed by atoms with Crippen molar-refractivity contribution in [3.8, 4) is 0 Å². The standard InChI is InChI=1S/C21H20Cl2N2OS/c1-11(2)16-10-18(27)25-19(12-4-3-5-13(22)8-12)21(16)15-7-6-14(23)9-17(15)24-20(21)26/h3-9,11,16,19H,10H2,1-2H3,(H,24,26)(H,25,27). The second kappa shape index (κ2) is 6.77. The van der Waals surface area contributed by atoms with E-state index >= 15 is 0 Å². The van der Waals surface area contributed by atoms with Gasteiger partial charge in [-0.2, -0.15) is 0 Å². The molecule has 2 aromatic carbocycles. The molecule has 27 heavy (non-hydrogen) atoms. The summed E-state index contributed by atoms with van der Waals surface area (Å²) in [5, 5.41) is 7.75. The SMILES string of the molecule is CC(C)C1CC(=S)NC(c2cccc(Cl)c2)C12C(=O)Nc1cc(Cl)ccc12. The first-order chi connectivity index (χ1) is 12.8. The maximum Gasteiger partial charge on any atom is 0.237 e. The Labute approximate surface area is 174 Å². The summed E-state index contributed by atoms with van der Waals surface area (Å²) >= 11 is 18.1. The molecule has 0 bridgehead atoms. The van der Waals surface area contributed by atoms with E-state index in [-0.39, 0.29) is 23.8 Å². The van der Waals surface area contributed by atoms with Crippen LogP contribution in [0, 0.1) is 11.8 Å². The van der Waals surface area contributed by atoms with Gasteiger partial charge in [0.15, 0.2) is 0 Å². The van der Waals surface area contributed by atoms with E-state index in [0.717, 1.165) is 21.8 Å². The van der Waals surface area contributed by atoms with E-state index in [9.17, 15) is 4.79 Å². The minimum absolute atomic E-state index is 0.0153. The third-order valence-corrected chi connectivity index (χ3v) is 6.54. The maximum absolute atomic E-state index is 13.5. The van der Waals surface area contributed by atoms with Gasteiger partial charge in [0, 0.05) is 22.2 Å². The van der Waals surface area contributed by atoms with Gasteiger partial charge in [0.2, 0.25) is 5.91 Å². The molecule has 4 rings (SSSR count). The minimum Gasteiger partial charge on any atom is -0.371 e. The summed E-state index contributed by atoms with van der Waals surface area (Å²) in [6.07, 6.45) is 0.666. The van der Waals surface area contributed by atoms with Crippen LogP contribution in [0.4, 0.5) is 5.69 Å². The lowest BCUT2D eigenvalue weighted by atomic mass is 9.58. The van der Waals surface area contributed by atoms with E-state index in [1.54, 1.807) is 0 Å². The first kappa shape index (κ1) is 18.7. The lowest BCUT2D eigenvalue weighted by Crippen LogP contribution is -2.58. The average molecular weight is 419 g/mol. The maximum atomic E-state index is 13.5. The van der Waals surface area contributed by atoms with Crippen LogP contribution in [0.15, 0.2) is 42.5 Å². The number of hydrogen-bond acceptors (Lipinski definition) is 2. The monoisotopic (exact) mass is 418 g/mol. The van der Waals surface area contributed by atoms with E-state index in [4.69, 9.17) is 35.4 Å². The minimum atomic E-state index is -0.777. The normalized spacial score (nSPS) is 26.9. The number of piperidine rings is 1. The number of carbonyl (C=O) groups excluding carboxylic acids is 1. The quantitative estimate of drug-likeness (QED) is 0.630. The van der Waals surface area contributed by atoms with Crippen LogP contribution in [0.2, 0.25) is 10.0 Å². The molecule has 1 fully saturated rings. The Morgan fingerprint density at radius 3 is 2.59 bits per heavy atom. The summed E-state index contributed by atoms with van der Waals surface area (Å²) < 4.78 is 0. The first-order valence-electron chi connectivity index (χ1n) is 9.00. The molecular formula is C21H20Cl2N2OS. The van der Waals surface area contributed by atoms with Crippen LogP contribution < -0.4 is 10.6 Å². The highest BCUT2D eigenvalue weighted by Gasteiger charge is 2.60. The van der Waals surface area contributed by atoms with Gasteiger partial charge in [-0.25, -0.2) is 0 Å². The summed E-state index contributed by atoms with van der Waals surface area (Å²) in [6, 6.07) is 13.0. The largest absolute Gasteiger partial charge is 0.371 e. The summed E-state index contributed by atoms with van der Waals surface area (Å²) in [6.45, 7) is 4.30. The van der Waals surface area contributed by atoms with Gasteiger partial charge >= 0.3 is 0 Å². The van der Waals surface area contributed by atoms with Crippen LogP contribution in [-0.2, 0) is 10.2 Å². The molecule has 2 aliphatic rings. The smallest absolute Gasteiger partial charge is 0.237 e. The summed E-state index contributed by atoms with van der Waals surface area (Å²) in [5.41, 5.74) is 1.92. The molecule has 1 amide bonds. The van der Waals surface area contributed by atoms with Crippen molar-refractivity contribution >= 4 is 52.0 Å². The van der Waals surface area contributed by atoms with E-state index < -0.39 is 5.41 Å². The Balaban J connectivity index is 2.00. The molecule has 2 aliphatic heterocycles. The number of hydrogen-bond donors (Lipinski definition) is 2. The van der Waals surface area contributed by atoms with Gasteiger partial charge in [-0.3, -0.25) is 4.79 Å². The molecule has 3 unspecified atom stereocenters. The van der Waals surface area contributed by atoms with E-state index in [1.807, 2.05) is 42.5 Å². The summed E-state index contributed by atoms with van der Waals surface area (Å²) in [5.74, 6) is 0.301. The van der Waals surface area contributed by atoms with E-state index in [2.05, 4.69) is 24.5 Å². The molecule has 0 saturated carbocycles. The third-order valence-electron chi connectivity index (χ3n) is 5.79. The van der Waals surface area contributed by atoms with Crippen molar-refractivity contribution in [2.45, 2.75) is 31.7 Å². The Bertz CT molecular complexity index is 946. The van der Waals surface area contributed by atoms with Crippen LogP contribution in [0.3, 0.4) is 0 Å². The number of amides is 1. The van der Waals surface area contributed by atoms with Gasteiger partial charge in [-0.15, -0.1) is 0 Å². The number of benzene rings is 2. The number of halogens is 2. The number of nitrogens with one attached hydrogen (secondary N) is 2. The van der Waals surface area contributed by atoms with Crippen LogP contribution in [0.25, 0.3) is 0 Å². The molecule has 0 aromatic heterocycles. The van der Waals surface area contributed by atoms with E-state index in [0.29, 0.717) is 16.5 Å². The fraction of sp³-hybridized carbons (Fsp3) is 0.333. The number of fused-ring (bicyclic) bond motifs is 2. The number of rotatable bonds is 2. The topological polar surface area (TPSA) is 41.1 Å². The predicted molar refractivity (Wildman–Crippen MR) is 115 cm³/mol. The molecule has 2 heterocycles. The lowest BCUT2D eigenvalue weighted by Gasteiger charge is -2.48. The fourth-order valence-electron chi connectivity index (χ4n) is 4.69. The molecule has 140 valence electrons. The molecule has 0 aliphatic carbocycles. The molecule has 0 radical (unpaired) electrons.